The molecule has 7 nitrogen and oxygen atoms in total. The van der Waals surface area contributed by atoms with E-state index in [9.17, 15) is 14.4 Å². The minimum atomic E-state index is -0.993. The molecule has 4 amide bonds. The van der Waals surface area contributed by atoms with Gasteiger partial charge in [0.15, 0.2) is 0 Å². The van der Waals surface area contributed by atoms with Gasteiger partial charge in [0.05, 0.1) is 15.2 Å². The third kappa shape index (κ3) is 4.42. The Morgan fingerprint density at radius 2 is 1.79 bits per heavy atom. The van der Waals surface area contributed by atoms with Crippen molar-refractivity contribution in [1.82, 2.24) is 20.1 Å². The van der Waals surface area contributed by atoms with Crippen LogP contribution < -0.4 is 5.32 Å². The van der Waals surface area contributed by atoms with Gasteiger partial charge < -0.3 is 10.2 Å². The van der Waals surface area contributed by atoms with E-state index in [-0.39, 0.29) is 18.4 Å². The molecular formula is C26H28N4O3S. The molecule has 3 heterocycles. The largest absolute Gasteiger partial charge is 0.341 e. The predicted molar refractivity (Wildman–Crippen MR) is 132 cm³/mol. The molecule has 0 radical (unpaired) electrons. The number of likely N-dealkylation sites (tertiary alicyclic amines) is 1. The highest BCUT2D eigenvalue weighted by atomic mass is 32.1. The van der Waals surface area contributed by atoms with Gasteiger partial charge in [0.2, 0.25) is 5.91 Å². The van der Waals surface area contributed by atoms with Crippen LogP contribution in [0.5, 0.6) is 0 Å². The maximum absolute atomic E-state index is 13.1. The summed E-state index contributed by atoms with van der Waals surface area (Å²) in [6.07, 6.45) is 2.82. The van der Waals surface area contributed by atoms with Crippen LogP contribution in [0.3, 0.4) is 0 Å². The molecule has 5 rings (SSSR count). The molecule has 176 valence electrons. The lowest BCUT2D eigenvalue weighted by Crippen LogP contribution is -2.47. The van der Waals surface area contributed by atoms with Crippen molar-refractivity contribution in [3.8, 4) is 0 Å². The summed E-state index contributed by atoms with van der Waals surface area (Å²) in [4.78, 5) is 46.2. The number of piperidine rings is 1. The van der Waals surface area contributed by atoms with Gasteiger partial charge in [-0.3, -0.25) is 14.5 Å². The van der Waals surface area contributed by atoms with Gasteiger partial charge in [0.1, 0.15) is 12.1 Å². The Balaban J connectivity index is 1.16. The number of carbonyl (C=O) groups excluding carboxylic acids is 3. The Hall–Kier alpha value is -3.26. The summed E-state index contributed by atoms with van der Waals surface area (Å²) < 4.78 is 1.19. The fraction of sp³-hybridized carbons (Fsp3) is 0.385. The van der Waals surface area contributed by atoms with E-state index in [2.05, 4.69) is 11.4 Å². The number of nitrogens with one attached hydrogen (secondary N) is 1. The zero-order chi connectivity index (χ0) is 23.7. The molecule has 8 heteroatoms. The summed E-state index contributed by atoms with van der Waals surface area (Å²) in [7, 11) is 0. The first-order valence-corrected chi connectivity index (χ1v) is 12.6. The average molecular weight is 477 g/mol. The van der Waals surface area contributed by atoms with Crippen molar-refractivity contribution in [2.45, 2.75) is 44.1 Å². The summed E-state index contributed by atoms with van der Waals surface area (Å²) in [6.45, 7) is 2.74. The Bertz CT molecular complexity index is 1190. The Morgan fingerprint density at radius 3 is 2.53 bits per heavy atom. The summed E-state index contributed by atoms with van der Waals surface area (Å²) in [5.41, 5.74) is 1.14. The van der Waals surface area contributed by atoms with Gasteiger partial charge in [0, 0.05) is 19.0 Å². The van der Waals surface area contributed by atoms with E-state index >= 15 is 0 Å². The maximum atomic E-state index is 13.1. The summed E-state index contributed by atoms with van der Waals surface area (Å²) in [5.74, 6) is -0.177. The van der Waals surface area contributed by atoms with E-state index in [0.717, 1.165) is 33.8 Å². The Kier molecular flexibility index (Phi) is 6.08. The first kappa shape index (κ1) is 22.5. The standard InChI is InChI=1S/C26H28N4O3S/c1-26(14-11-18-7-3-2-4-8-18)24(32)30(25(33)28-26)17-22(31)29-15-12-19(13-16-29)23-27-20-9-5-6-10-21(20)34-23/h2-10,19H,11-17H2,1H3,(H,28,33)/t26-/m1/s1. The average Bonchev–Trinajstić information content (AvgIpc) is 3.38. The molecule has 0 saturated carbocycles. The van der Waals surface area contributed by atoms with Crippen LogP contribution in [-0.2, 0) is 16.0 Å². The van der Waals surface area contributed by atoms with Gasteiger partial charge in [-0.2, -0.15) is 0 Å². The molecule has 1 aromatic heterocycles. The van der Waals surface area contributed by atoms with Crippen molar-refractivity contribution in [2.75, 3.05) is 19.6 Å². The van der Waals surface area contributed by atoms with Crippen LogP contribution in [0.2, 0.25) is 0 Å². The molecule has 0 aliphatic carbocycles. The fourth-order valence-corrected chi connectivity index (χ4v) is 5.91. The van der Waals surface area contributed by atoms with Crippen molar-refractivity contribution >= 4 is 39.4 Å². The second kappa shape index (κ2) is 9.18. The van der Waals surface area contributed by atoms with E-state index in [0.29, 0.717) is 31.8 Å². The lowest BCUT2D eigenvalue weighted by atomic mass is 9.93. The number of thiazole rings is 1. The minimum Gasteiger partial charge on any atom is -0.341 e. The SMILES string of the molecule is C[C@]1(CCc2ccccc2)NC(=O)N(CC(=O)N2CCC(c3nc4ccccc4s3)CC2)C1=O. The third-order valence-corrected chi connectivity index (χ3v) is 8.10. The zero-order valence-electron chi connectivity index (χ0n) is 19.2. The minimum absolute atomic E-state index is 0.182. The molecule has 2 aliphatic rings. The number of urea groups is 1. The molecule has 0 spiro atoms. The number of imide groups is 1. The van der Waals surface area contributed by atoms with E-state index in [1.54, 1.807) is 23.2 Å². The first-order valence-electron chi connectivity index (χ1n) is 11.7. The molecule has 1 atom stereocenters. The number of aromatic nitrogens is 1. The van der Waals surface area contributed by atoms with Crippen LogP contribution in [0.15, 0.2) is 54.6 Å². The van der Waals surface area contributed by atoms with E-state index in [1.165, 1.54) is 4.70 Å². The number of para-hydroxylation sites is 1. The second-order valence-electron chi connectivity index (χ2n) is 9.31. The monoisotopic (exact) mass is 476 g/mol. The van der Waals surface area contributed by atoms with Crippen molar-refractivity contribution in [2.24, 2.45) is 0 Å². The van der Waals surface area contributed by atoms with Gasteiger partial charge >= 0.3 is 6.03 Å². The lowest BCUT2D eigenvalue weighted by Gasteiger charge is -2.32. The molecular weight excluding hydrogens is 448 g/mol. The molecule has 2 aliphatic heterocycles. The van der Waals surface area contributed by atoms with Crippen molar-refractivity contribution in [3.05, 3.63) is 65.2 Å². The number of fused-ring (bicyclic) bond motifs is 1. The number of hydrogen-bond donors (Lipinski definition) is 1. The van der Waals surface area contributed by atoms with Crippen molar-refractivity contribution in [3.63, 3.8) is 0 Å². The molecule has 0 bridgehead atoms. The van der Waals surface area contributed by atoms with E-state index in [4.69, 9.17) is 4.98 Å². The molecule has 2 saturated heterocycles. The molecule has 3 aromatic rings. The summed E-state index contributed by atoms with van der Waals surface area (Å²) >= 11 is 1.72. The van der Waals surface area contributed by atoms with Gasteiger partial charge in [-0.1, -0.05) is 42.5 Å². The zero-order valence-corrected chi connectivity index (χ0v) is 20.0. The number of rotatable bonds is 6. The van der Waals surface area contributed by atoms with Crippen LogP contribution in [0.1, 0.15) is 42.7 Å². The highest BCUT2D eigenvalue weighted by Crippen LogP contribution is 2.34. The van der Waals surface area contributed by atoms with Crippen LogP contribution >= 0.6 is 11.3 Å². The molecule has 1 N–H and O–H groups in total. The van der Waals surface area contributed by atoms with Gasteiger partial charge in [-0.25, -0.2) is 9.78 Å². The second-order valence-corrected chi connectivity index (χ2v) is 10.4. The van der Waals surface area contributed by atoms with Crippen molar-refractivity contribution < 1.29 is 14.4 Å². The number of nitrogens with zero attached hydrogens (tertiary/aromatic N) is 3. The highest BCUT2D eigenvalue weighted by molar-refractivity contribution is 7.18. The Morgan fingerprint density at radius 1 is 1.09 bits per heavy atom. The van der Waals surface area contributed by atoms with Gasteiger partial charge in [-0.05, 0) is 50.3 Å². The molecule has 0 unspecified atom stereocenters. The molecule has 34 heavy (non-hydrogen) atoms. The van der Waals surface area contributed by atoms with Crippen LogP contribution in [0.25, 0.3) is 10.2 Å². The topological polar surface area (TPSA) is 82.6 Å². The van der Waals surface area contributed by atoms with E-state index < -0.39 is 11.6 Å². The van der Waals surface area contributed by atoms with Crippen LogP contribution in [-0.4, -0.2) is 57.8 Å². The lowest BCUT2D eigenvalue weighted by molar-refractivity contribution is -0.139. The summed E-state index contributed by atoms with van der Waals surface area (Å²) in [5, 5.41) is 3.93. The Labute approximate surface area is 202 Å². The van der Waals surface area contributed by atoms with Crippen molar-refractivity contribution in [1.29, 1.82) is 0 Å². The molecule has 2 fully saturated rings. The van der Waals surface area contributed by atoms with Crippen LogP contribution in [0.4, 0.5) is 4.79 Å². The third-order valence-electron chi connectivity index (χ3n) is 6.90. The molecule has 2 aromatic carbocycles. The number of aryl methyl sites for hydroxylation is 1. The first-order chi connectivity index (χ1) is 16.4. The highest BCUT2D eigenvalue weighted by Gasteiger charge is 2.48. The normalized spacial score (nSPS) is 21.3. The van der Waals surface area contributed by atoms with Crippen LogP contribution in [0, 0.1) is 0 Å². The van der Waals surface area contributed by atoms with E-state index in [1.807, 2.05) is 48.5 Å². The quantitative estimate of drug-likeness (QED) is 0.546. The maximum Gasteiger partial charge on any atom is 0.325 e. The predicted octanol–water partition coefficient (Wildman–Crippen LogP) is 3.95. The number of amides is 4. The fourth-order valence-electron chi connectivity index (χ4n) is 4.77. The number of hydrogen-bond acceptors (Lipinski definition) is 5. The van der Waals surface area contributed by atoms with Gasteiger partial charge in [-0.15, -0.1) is 11.3 Å². The summed E-state index contributed by atoms with van der Waals surface area (Å²) in [6, 6.07) is 17.5. The van der Waals surface area contributed by atoms with Gasteiger partial charge in [0.25, 0.3) is 5.91 Å². The smallest absolute Gasteiger partial charge is 0.325 e. The number of carbonyl (C=O) groups is 3. The number of benzene rings is 2.